The first kappa shape index (κ1) is 58.9. The fraction of sp³-hybridized carbons (Fsp3) is 0.455. The molecule has 7 rings (SSSR count). The van der Waals surface area contributed by atoms with E-state index in [0.29, 0.717) is 22.6 Å². The van der Waals surface area contributed by atoms with E-state index in [1.54, 1.807) is 51.4 Å². The summed E-state index contributed by atoms with van der Waals surface area (Å²) in [6.45, 7) is 4.75. The van der Waals surface area contributed by atoms with Crippen LogP contribution in [-0.2, 0) is 64.7 Å². The lowest BCUT2D eigenvalue weighted by atomic mass is 9.82. The van der Waals surface area contributed by atoms with Crippen LogP contribution in [0, 0.1) is 26.6 Å². The Bertz CT molecular complexity index is 3330. The SMILES string of the molecule is Cc1cc(=O)c(O)c(CNC(=O)CCC(CCC(=O)NCc2c(O)c(=O)cc(C)n2C)(CCC(=O)NCc2c(O)c(=O)cc(C)n2C)NC(=O)CCC(=O)N2CCN(c3cc4c(cc3F)c(=O)c(C(=O)O)cn4C3CC3)CC2)n1C. The van der Waals surface area contributed by atoms with Crippen LogP contribution in [0.15, 0.2) is 55.7 Å². The molecule has 80 heavy (non-hydrogen) atoms. The third-order valence-electron chi connectivity index (χ3n) is 15.4. The maximum Gasteiger partial charge on any atom is 0.341 e. The van der Waals surface area contributed by atoms with Crippen molar-refractivity contribution in [1.82, 2.24) is 44.4 Å². The van der Waals surface area contributed by atoms with Crippen molar-refractivity contribution in [1.29, 1.82) is 0 Å². The molecule has 0 unspecified atom stereocenters. The van der Waals surface area contributed by atoms with Gasteiger partial charge in [-0.15, -0.1) is 0 Å². The molecule has 1 aliphatic heterocycles. The van der Waals surface area contributed by atoms with E-state index in [0.717, 1.165) is 18.9 Å². The highest BCUT2D eigenvalue weighted by Crippen LogP contribution is 2.38. The van der Waals surface area contributed by atoms with E-state index in [2.05, 4.69) is 21.3 Å². The molecule has 428 valence electrons. The number of pyridine rings is 4. The largest absolute Gasteiger partial charge is 0.503 e. The van der Waals surface area contributed by atoms with E-state index in [1.807, 2.05) is 0 Å². The first-order chi connectivity index (χ1) is 37.8. The highest BCUT2D eigenvalue weighted by molar-refractivity contribution is 5.94. The Morgan fingerprint density at radius 1 is 0.600 bits per heavy atom. The fourth-order valence-corrected chi connectivity index (χ4v) is 9.99. The Hall–Kier alpha value is -8.77. The number of carboxylic acid groups (broad SMARTS) is 1. The highest BCUT2D eigenvalue weighted by atomic mass is 19.1. The topological polar surface area (TPSA) is 326 Å². The van der Waals surface area contributed by atoms with Gasteiger partial charge in [-0.2, -0.15) is 0 Å². The zero-order valence-electron chi connectivity index (χ0n) is 45.5. The lowest BCUT2D eigenvalue weighted by molar-refractivity contribution is -0.134. The number of aryl methyl sites for hydroxylation is 3. The smallest absolute Gasteiger partial charge is 0.341 e. The molecule has 0 atom stereocenters. The average molecular weight is 1110 g/mol. The molecule has 5 amide bonds. The van der Waals surface area contributed by atoms with Gasteiger partial charge >= 0.3 is 5.97 Å². The van der Waals surface area contributed by atoms with Gasteiger partial charge in [-0.25, -0.2) is 9.18 Å². The van der Waals surface area contributed by atoms with Gasteiger partial charge in [0.15, 0.2) is 17.2 Å². The van der Waals surface area contributed by atoms with Crippen molar-refractivity contribution in [2.24, 2.45) is 21.1 Å². The van der Waals surface area contributed by atoms with Gasteiger partial charge in [-0.1, -0.05) is 0 Å². The molecule has 2 fully saturated rings. The van der Waals surface area contributed by atoms with E-state index in [-0.39, 0.29) is 131 Å². The van der Waals surface area contributed by atoms with E-state index >= 15 is 4.39 Å². The van der Waals surface area contributed by atoms with Crippen LogP contribution in [-0.4, -0.2) is 111 Å². The van der Waals surface area contributed by atoms with E-state index in [4.69, 9.17) is 0 Å². The molecule has 2 aliphatic rings. The van der Waals surface area contributed by atoms with Gasteiger partial charge in [0, 0.05) is 138 Å². The number of aromatic hydroxyl groups is 3. The molecule has 25 heteroatoms. The van der Waals surface area contributed by atoms with Crippen molar-refractivity contribution in [3.63, 3.8) is 0 Å². The summed E-state index contributed by atoms with van der Waals surface area (Å²) >= 11 is 0. The van der Waals surface area contributed by atoms with Crippen LogP contribution < -0.4 is 47.9 Å². The number of carbonyl (C=O) groups excluding carboxylic acids is 5. The van der Waals surface area contributed by atoms with E-state index in [1.165, 1.54) is 49.1 Å². The summed E-state index contributed by atoms with van der Waals surface area (Å²) in [6, 6.07) is 6.24. The number of hydrogen-bond donors (Lipinski definition) is 8. The minimum absolute atomic E-state index is 0.0392. The normalized spacial score (nSPS) is 13.5. The number of fused-ring (bicyclic) bond motifs is 1. The summed E-state index contributed by atoms with van der Waals surface area (Å²) in [5, 5.41) is 52.3. The monoisotopic (exact) mass is 1110 g/mol. The van der Waals surface area contributed by atoms with Gasteiger partial charge < -0.3 is 69.8 Å². The number of nitrogens with one attached hydrogen (secondary N) is 4. The molecule has 24 nitrogen and oxygen atoms in total. The number of nitrogens with zero attached hydrogens (tertiary/aromatic N) is 6. The molecule has 8 N–H and O–H groups in total. The molecule has 0 bridgehead atoms. The average Bonchev–Trinajstić information content (AvgIpc) is 4.29. The Morgan fingerprint density at radius 2 is 1.02 bits per heavy atom. The van der Waals surface area contributed by atoms with Gasteiger partial charge in [0.1, 0.15) is 11.4 Å². The molecule has 0 spiro atoms. The Labute approximate surface area is 457 Å². The van der Waals surface area contributed by atoms with Gasteiger partial charge in [0.05, 0.1) is 47.9 Å². The maximum absolute atomic E-state index is 15.8. The zero-order chi connectivity index (χ0) is 58.5. The highest BCUT2D eigenvalue weighted by Gasteiger charge is 2.35. The maximum atomic E-state index is 15.8. The number of aromatic nitrogens is 4. The Morgan fingerprint density at radius 3 is 1.43 bits per heavy atom. The van der Waals surface area contributed by atoms with Crippen molar-refractivity contribution in [3.05, 3.63) is 123 Å². The Kier molecular flexibility index (Phi) is 18.0. The second kappa shape index (κ2) is 24.5. The molecule has 1 aliphatic carbocycles. The minimum atomic E-state index is -1.53. The molecule has 1 saturated carbocycles. The van der Waals surface area contributed by atoms with Gasteiger partial charge in [-0.05, 0) is 65.0 Å². The first-order valence-corrected chi connectivity index (χ1v) is 26.2. The van der Waals surface area contributed by atoms with Crippen molar-refractivity contribution >= 4 is 52.1 Å². The molecule has 0 radical (unpaired) electrons. The summed E-state index contributed by atoms with van der Waals surface area (Å²) < 4.78 is 22.1. The minimum Gasteiger partial charge on any atom is -0.503 e. The number of amides is 5. The summed E-state index contributed by atoms with van der Waals surface area (Å²) in [5.41, 5.74) is -2.28. The van der Waals surface area contributed by atoms with Crippen molar-refractivity contribution in [3.8, 4) is 17.2 Å². The number of carboxylic acids is 1. The lowest BCUT2D eigenvalue weighted by Crippen LogP contribution is -2.51. The molecule has 1 aromatic carbocycles. The number of halogens is 1. The standard InChI is InChI=1S/C55H67FN10O14/c1-30-21-42(67)51(76)39(61(30)4)26-57-45(70)11-14-55(15-12-46(71)58-27-40-52(77)43(68)22-31(2)62(40)5,16-13-47(72)59-28-41-53(78)44(69)23-32(3)63(41)6)60-48(73)9-10-49(74)65-19-17-64(18-20-65)38-25-37-34(24-36(38)56)50(75)35(54(79)80)29-66(37)33-7-8-33/h21-25,29,33,76-78H,7-20,26-28H2,1-6H3,(H,57,70)(H,58,71)(H,59,72)(H,60,73)(H,79,80). The zero-order valence-corrected chi connectivity index (χ0v) is 45.5. The van der Waals surface area contributed by atoms with Gasteiger partial charge in [0.2, 0.25) is 51.3 Å². The Balaban J connectivity index is 1.09. The van der Waals surface area contributed by atoms with Crippen molar-refractivity contribution in [2.45, 2.75) is 116 Å². The number of aromatic carboxylic acids is 1. The number of anilines is 1. The van der Waals surface area contributed by atoms with Crippen LogP contribution in [0.1, 0.15) is 115 Å². The number of piperazine rings is 1. The lowest BCUT2D eigenvalue weighted by Gasteiger charge is -2.37. The predicted octanol–water partition coefficient (Wildman–Crippen LogP) is 1.89. The molecular formula is C55H67FN10O14. The van der Waals surface area contributed by atoms with Crippen LogP contribution >= 0.6 is 0 Å². The molecule has 5 heterocycles. The molecule has 1 saturated heterocycles. The third-order valence-corrected chi connectivity index (χ3v) is 15.4. The number of hydrogen-bond acceptors (Lipinski definition) is 14. The van der Waals surface area contributed by atoms with Crippen LogP contribution in [0.2, 0.25) is 0 Å². The van der Waals surface area contributed by atoms with Crippen LogP contribution in [0.3, 0.4) is 0 Å². The predicted molar refractivity (Wildman–Crippen MR) is 290 cm³/mol. The fourth-order valence-electron chi connectivity index (χ4n) is 9.99. The third kappa shape index (κ3) is 13.4. The van der Waals surface area contributed by atoms with Crippen molar-refractivity contribution in [2.75, 3.05) is 31.1 Å². The van der Waals surface area contributed by atoms with Gasteiger partial charge in [-0.3, -0.25) is 43.2 Å². The molecular weight excluding hydrogens is 1040 g/mol. The molecule has 4 aromatic heterocycles. The quantitative estimate of drug-likeness (QED) is 0.0491. The van der Waals surface area contributed by atoms with Crippen molar-refractivity contribution < 1.29 is 53.6 Å². The summed E-state index contributed by atoms with van der Waals surface area (Å²) in [4.78, 5) is 134. The van der Waals surface area contributed by atoms with Gasteiger partial charge in [0.25, 0.3) is 0 Å². The summed E-state index contributed by atoms with van der Waals surface area (Å²) in [7, 11) is 4.79. The number of carbonyl (C=O) groups is 6. The molecule has 5 aromatic rings. The van der Waals surface area contributed by atoms with Crippen LogP contribution in [0.5, 0.6) is 17.2 Å². The van der Waals surface area contributed by atoms with E-state index < -0.39 is 91.4 Å². The number of benzene rings is 1. The van der Waals surface area contributed by atoms with Crippen LogP contribution in [0.4, 0.5) is 10.1 Å². The first-order valence-electron chi connectivity index (χ1n) is 26.2. The number of rotatable bonds is 22. The van der Waals surface area contributed by atoms with E-state index in [9.17, 15) is 68.4 Å². The summed E-state index contributed by atoms with van der Waals surface area (Å²) in [6.07, 6.45) is 0.575. The second-order valence-corrected chi connectivity index (χ2v) is 20.7. The van der Waals surface area contributed by atoms with Crippen LogP contribution in [0.25, 0.3) is 10.9 Å². The summed E-state index contributed by atoms with van der Waals surface area (Å²) in [5.74, 6) is -6.72. The second-order valence-electron chi connectivity index (χ2n) is 20.7.